The van der Waals surface area contributed by atoms with Gasteiger partial charge in [0.1, 0.15) is 12.7 Å². The lowest BCUT2D eigenvalue weighted by atomic mass is 10.0. The van der Waals surface area contributed by atoms with Crippen LogP contribution < -0.4 is 5.32 Å². The molecular weight excluding hydrogens is 687 g/mol. The SMILES string of the molecule is CCCCCCCCCCCCCCCCCCC(COC(=O)NCC(C)(C)OC/C=C(/C)OC)OC(=O)CCCCCCCCCCCCCCCCC. The average Bonchev–Trinajstić information content (AvgIpc) is 3.17. The quantitative estimate of drug-likeness (QED) is 0.0377. The Balaban J connectivity index is 4.35. The highest BCUT2D eigenvalue weighted by atomic mass is 16.6. The van der Waals surface area contributed by atoms with Crippen LogP contribution in [0, 0.1) is 0 Å². The number of allylic oxidation sites excluding steroid dienone is 1. The maximum atomic E-state index is 12.8. The molecule has 1 unspecified atom stereocenters. The molecule has 7 heteroatoms. The molecular formula is C48H93NO6. The first-order valence-electron chi connectivity index (χ1n) is 23.7. The smallest absolute Gasteiger partial charge is 0.407 e. The second kappa shape index (κ2) is 40.4. The van der Waals surface area contributed by atoms with Crippen molar-refractivity contribution in [2.75, 3.05) is 26.9 Å². The molecule has 0 rings (SSSR count). The molecule has 0 aliphatic carbocycles. The van der Waals surface area contributed by atoms with Crippen molar-refractivity contribution < 1.29 is 28.5 Å². The minimum Gasteiger partial charge on any atom is -0.502 e. The van der Waals surface area contributed by atoms with Crippen LogP contribution in [0.4, 0.5) is 4.79 Å². The molecule has 326 valence electrons. The van der Waals surface area contributed by atoms with Crippen LogP contribution in [-0.2, 0) is 23.7 Å². The van der Waals surface area contributed by atoms with Gasteiger partial charge in [0.25, 0.3) is 0 Å². The Labute approximate surface area is 342 Å². The van der Waals surface area contributed by atoms with Crippen molar-refractivity contribution in [1.29, 1.82) is 0 Å². The summed E-state index contributed by atoms with van der Waals surface area (Å²) in [7, 11) is 1.63. The molecule has 0 aliphatic heterocycles. The van der Waals surface area contributed by atoms with Gasteiger partial charge in [-0.15, -0.1) is 0 Å². The van der Waals surface area contributed by atoms with E-state index < -0.39 is 17.8 Å². The number of carbonyl (C=O) groups is 2. The number of unbranched alkanes of at least 4 members (excludes halogenated alkanes) is 29. The summed E-state index contributed by atoms with van der Waals surface area (Å²) in [5, 5.41) is 2.81. The van der Waals surface area contributed by atoms with Crippen molar-refractivity contribution in [2.24, 2.45) is 0 Å². The molecule has 0 aromatic heterocycles. The number of hydrogen-bond donors (Lipinski definition) is 1. The largest absolute Gasteiger partial charge is 0.502 e. The highest BCUT2D eigenvalue weighted by molar-refractivity contribution is 5.69. The number of amides is 1. The minimum atomic E-state index is -0.573. The van der Waals surface area contributed by atoms with Crippen LogP contribution in [0.2, 0.25) is 0 Å². The number of nitrogens with one attached hydrogen (secondary N) is 1. The Morgan fingerprint density at radius 3 is 1.36 bits per heavy atom. The average molecular weight is 780 g/mol. The van der Waals surface area contributed by atoms with Gasteiger partial charge in [0.15, 0.2) is 0 Å². The molecule has 0 spiro atoms. The van der Waals surface area contributed by atoms with Gasteiger partial charge in [-0.25, -0.2) is 4.79 Å². The van der Waals surface area contributed by atoms with E-state index in [0.29, 0.717) is 19.6 Å². The van der Waals surface area contributed by atoms with E-state index in [0.717, 1.165) is 37.9 Å². The van der Waals surface area contributed by atoms with Crippen LogP contribution in [0.3, 0.4) is 0 Å². The number of hydrogen-bond acceptors (Lipinski definition) is 6. The highest BCUT2D eigenvalue weighted by Crippen LogP contribution is 2.17. The van der Waals surface area contributed by atoms with Gasteiger partial charge in [-0.2, -0.15) is 0 Å². The molecule has 0 aromatic rings. The molecule has 0 saturated carbocycles. The van der Waals surface area contributed by atoms with Crippen LogP contribution >= 0.6 is 0 Å². The van der Waals surface area contributed by atoms with Gasteiger partial charge in [-0.1, -0.05) is 200 Å². The predicted molar refractivity (Wildman–Crippen MR) is 234 cm³/mol. The van der Waals surface area contributed by atoms with Crippen molar-refractivity contribution >= 4 is 12.1 Å². The second-order valence-corrected chi connectivity index (χ2v) is 16.9. The summed E-state index contributed by atoms with van der Waals surface area (Å²) < 4.78 is 22.5. The lowest BCUT2D eigenvalue weighted by Crippen LogP contribution is -2.41. The van der Waals surface area contributed by atoms with Crippen molar-refractivity contribution in [3.05, 3.63) is 11.8 Å². The summed E-state index contributed by atoms with van der Waals surface area (Å²) in [5.74, 6) is 0.613. The van der Waals surface area contributed by atoms with Gasteiger partial charge in [-0.3, -0.25) is 4.79 Å². The summed E-state index contributed by atoms with van der Waals surface area (Å²) in [6.07, 6.45) is 42.7. The van der Waals surface area contributed by atoms with E-state index in [1.165, 1.54) is 173 Å². The van der Waals surface area contributed by atoms with E-state index in [4.69, 9.17) is 18.9 Å². The number of esters is 1. The summed E-state index contributed by atoms with van der Waals surface area (Å²) >= 11 is 0. The number of carbonyl (C=O) groups excluding carboxylic acids is 2. The topological polar surface area (TPSA) is 83.1 Å². The van der Waals surface area contributed by atoms with Crippen LogP contribution in [0.1, 0.15) is 247 Å². The summed E-state index contributed by atoms with van der Waals surface area (Å²) in [5.41, 5.74) is -0.573. The third-order valence-electron chi connectivity index (χ3n) is 10.9. The molecule has 0 radical (unpaired) electrons. The maximum Gasteiger partial charge on any atom is 0.407 e. The van der Waals surface area contributed by atoms with Crippen LogP contribution in [0.15, 0.2) is 11.8 Å². The van der Waals surface area contributed by atoms with E-state index in [9.17, 15) is 9.59 Å². The van der Waals surface area contributed by atoms with E-state index >= 15 is 0 Å². The Morgan fingerprint density at radius 1 is 0.582 bits per heavy atom. The molecule has 0 saturated heterocycles. The zero-order valence-electron chi connectivity index (χ0n) is 37.6. The summed E-state index contributed by atoms with van der Waals surface area (Å²) in [4.78, 5) is 25.4. The van der Waals surface area contributed by atoms with Gasteiger partial charge < -0.3 is 24.3 Å². The Morgan fingerprint density at radius 2 is 0.964 bits per heavy atom. The fraction of sp³-hybridized carbons (Fsp3) is 0.917. The Hall–Kier alpha value is -1.76. The van der Waals surface area contributed by atoms with Gasteiger partial charge >= 0.3 is 12.1 Å². The van der Waals surface area contributed by atoms with Crippen LogP contribution in [-0.4, -0.2) is 50.6 Å². The van der Waals surface area contributed by atoms with Crippen molar-refractivity contribution in [1.82, 2.24) is 5.32 Å². The number of methoxy groups -OCH3 is 1. The molecule has 0 heterocycles. The summed E-state index contributed by atoms with van der Waals surface area (Å²) in [6, 6.07) is 0. The highest BCUT2D eigenvalue weighted by Gasteiger charge is 2.21. The van der Waals surface area contributed by atoms with Gasteiger partial charge in [-0.05, 0) is 46.1 Å². The second-order valence-electron chi connectivity index (χ2n) is 16.9. The van der Waals surface area contributed by atoms with Gasteiger partial charge in [0.05, 0.1) is 25.1 Å². The third kappa shape index (κ3) is 40.2. The standard InChI is InChI=1S/C48H93NO6/c1-7-9-11-13-15-17-19-21-23-25-26-28-30-32-34-36-38-45(42-53-47(51)49-43-48(4,5)54-41-40-44(3)52-6)55-46(50)39-37-35-33-31-29-27-24-22-20-18-16-14-12-10-8-2/h40,45H,7-39,41-43H2,1-6H3,(H,49,51)/b44-40-. The van der Waals surface area contributed by atoms with Crippen molar-refractivity contribution in [3.8, 4) is 0 Å². The molecule has 1 atom stereocenters. The Bertz CT molecular complexity index is 874. The zero-order chi connectivity index (χ0) is 40.5. The van der Waals surface area contributed by atoms with E-state index in [2.05, 4.69) is 19.2 Å². The fourth-order valence-corrected chi connectivity index (χ4v) is 7.01. The maximum absolute atomic E-state index is 12.8. The molecule has 0 aliphatic rings. The lowest BCUT2D eigenvalue weighted by Gasteiger charge is -2.25. The molecule has 0 fully saturated rings. The van der Waals surface area contributed by atoms with E-state index in [1.807, 2.05) is 26.8 Å². The minimum absolute atomic E-state index is 0.0756. The number of alkyl carbamates (subject to hydrolysis) is 1. The number of rotatable bonds is 42. The summed E-state index contributed by atoms with van der Waals surface area (Å²) in [6.45, 7) is 11.0. The van der Waals surface area contributed by atoms with Gasteiger partial charge in [0, 0.05) is 13.0 Å². The Kier molecular flexibility index (Phi) is 39.1. The molecule has 1 amide bonds. The lowest BCUT2D eigenvalue weighted by molar-refractivity contribution is -0.151. The first-order valence-corrected chi connectivity index (χ1v) is 23.7. The monoisotopic (exact) mass is 780 g/mol. The first kappa shape index (κ1) is 53.2. The predicted octanol–water partition coefficient (Wildman–Crippen LogP) is 14.9. The molecule has 7 nitrogen and oxygen atoms in total. The van der Waals surface area contributed by atoms with Crippen LogP contribution in [0.25, 0.3) is 0 Å². The van der Waals surface area contributed by atoms with Crippen LogP contribution in [0.5, 0.6) is 0 Å². The first-order chi connectivity index (χ1) is 26.7. The zero-order valence-corrected chi connectivity index (χ0v) is 37.6. The van der Waals surface area contributed by atoms with Crippen molar-refractivity contribution in [2.45, 2.75) is 258 Å². The molecule has 1 N–H and O–H groups in total. The molecule has 0 bridgehead atoms. The van der Waals surface area contributed by atoms with Gasteiger partial charge in [0.2, 0.25) is 0 Å². The molecule has 55 heavy (non-hydrogen) atoms. The van der Waals surface area contributed by atoms with E-state index in [-0.39, 0.29) is 12.6 Å². The fourth-order valence-electron chi connectivity index (χ4n) is 7.01. The number of ether oxygens (including phenoxy) is 4. The van der Waals surface area contributed by atoms with E-state index in [1.54, 1.807) is 7.11 Å². The normalized spacial score (nSPS) is 12.5. The molecule has 0 aromatic carbocycles. The third-order valence-corrected chi connectivity index (χ3v) is 10.9. The van der Waals surface area contributed by atoms with Crippen molar-refractivity contribution in [3.63, 3.8) is 0 Å².